The Morgan fingerprint density at radius 1 is 1.27 bits per heavy atom. The monoisotopic (exact) mass is 203 g/mol. The van der Waals surface area contributed by atoms with Crippen molar-refractivity contribution in [3.63, 3.8) is 0 Å². The maximum atomic E-state index is 5.46. The summed E-state index contributed by atoms with van der Waals surface area (Å²) in [4.78, 5) is 5.46. The van der Waals surface area contributed by atoms with Gasteiger partial charge in [-0.1, -0.05) is 42.5 Å². The highest BCUT2D eigenvalue weighted by molar-refractivity contribution is 5.13. The highest BCUT2D eigenvalue weighted by atomic mass is 16.6. The van der Waals surface area contributed by atoms with Gasteiger partial charge in [-0.3, -0.25) is 4.84 Å². The molecule has 1 aromatic rings. The van der Waals surface area contributed by atoms with Crippen molar-refractivity contribution in [2.45, 2.75) is 31.9 Å². The van der Waals surface area contributed by atoms with Crippen LogP contribution in [0.1, 0.15) is 24.8 Å². The van der Waals surface area contributed by atoms with Gasteiger partial charge in [-0.25, -0.2) is 0 Å². The topological polar surface area (TPSA) is 21.3 Å². The number of hydrogen-bond donors (Lipinski definition) is 1. The first kappa shape index (κ1) is 10.4. The SMILES string of the molecule is C1=CC(NOCc2ccccc2)CCC1. The predicted molar refractivity (Wildman–Crippen MR) is 61.1 cm³/mol. The van der Waals surface area contributed by atoms with Crippen LogP contribution in [0.2, 0.25) is 0 Å². The zero-order valence-corrected chi connectivity index (χ0v) is 8.86. The van der Waals surface area contributed by atoms with Gasteiger partial charge in [-0.05, 0) is 24.8 Å². The molecule has 2 nitrogen and oxygen atoms in total. The number of hydrogen-bond acceptors (Lipinski definition) is 2. The fourth-order valence-corrected chi connectivity index (χ4v) is 1.72. The molecule has 0 aliphatic heterocycles. The van der Waals surface area contributed by atoms with Crippen molar-refractivity contribution in [1.82, 2.24) is 5.48 Å². The second-order valence-electron chi connectivity index (χ2n) is 3.86. The van der Waals surface area contributed by atoms with Crippen LogP contribution in [0.5, 0.6) is 0 Å². The van der Waals surface area contributed by atoms with Gasteiger partial charge in [-0.15, -0.1) is 0 Å². The van der Waals surface area contributed by atoms with E-state index < -0.39 is 0 Å². The number of rotatable bonds is 4. The minimum atomic E-state index is 0.391. The fourth-order valence-electron chi connectivity index (χ4n) is 1.72. The van der Waals surface area contributed by atoms with E-state index in [2.05, 4.69) is 29.8 Å². The highest BCUT2D eigenvalue weighted by Gasteiger charge is 2.06. The molecule has 0 saturated heterocycles. The Balaban J connectivity index is 1.70. The van der Waals surface area contributed by atoms with Crippen LogP contribution in [-0.4, -0.2) is 6.04 Å². The summed E-state index contributed by atoms with van der Waals surface area (Å²) in [6.45, 7) is 0.630. The summed E-state index contributed by atoms with van der Waals surface area (Å²) in [6.07, 6.45) is 8.03. The van der Waals surface area contributed by atoms with Crippen LogP contribution >= 0.6 is 0 Å². The zero-order chi connectivity index (χ0) is 10.3. The van der Waals surface area contributed by atoms with Crippen LogP contribution in [0.3, 0.4) is 0 Å². The lowest BCUT2D eigenvalue weighted by atomic mass is 10.0. The van der Waals surface area contributed by atoms with Crippen LogP contribution in [0.25, 0.3) is 0 Å². The van der Waals surface area contributed by atoms with Gasteiger partial charge < -0.3 is 0 Å². The van der Waals surface area contributed by atoms with E-state index in [0.717, 1.165) is 0 Å². The normalized spacial score (nSPS) is 20.4. The maximum absolute atomic E-state index is 5.46. The first-order valence-corrected chi connectivity index (χ1v) is 5.53. The van der Waals surface area contributed by atoms with Crippen molar-refractivity contribution in [2.24, 2.45) is 0 Å². The van der Waals surface area contributed by atoms with Crippen molar-refractivity contribution >= 4 is 0 Å². The third-order valence-electron chi connectivity index (χ3n) is 2.57. The average molecular weight is 203 g/mol. The van der Waals surface area contributed by atoms with Crippen molar-refractivity contribution in [3.05, 3.63) is 48.0 Å². The van der Waals surface area contributed by atoms with E-state index in [0.29, 0.717) is 12.6 Å². The largest absolute Gasteiger partial charge is 0.296 e. The number of hydroxylamine groups is 1. The molecule has 0 aromatic heterocycles. The Bertz CT molecular complexity index is 308. The van der Waals surface area contributed by atoms with E-state index in [4.69, 9.17) is 4.84 Å². The summed E-state index contributed by atoms with van der Waals surface area (Å²) < 4.78 is 0. The zero-order valence-electron chi connectivity index (χ0n) is 8.86. The van der Waals surface area contributed by atoms with Crippen molar-refractivity contribution in [3.8, 4) is 0 Å². The van der Waals surface area contributed by atoms with E-state index >= 15 is 0 Å². The molecule has 0 radical (unpaired) electrons. The molecule has 2 heteroatoms. The lowest BCUT2D eigenvalue weighted by Crippen LogP contribution is -2.28. The van der Waals surface area contributed by atoms with Crippen LogP contribution in [0.15, 0.2) is 42.5 Å². The third-order valence-corrected chi connectivity index (χ3v) is 2.57. The van der Waals surface area contributed by atoms with Gasteiger partial charge in [0.25, 0.3) is 0 Å². The lowest BCUT2D eigenvalue weighted by molar-refractivity contribution is 0.0108. The van der Waals surface area contributed by atoms with E-state index in [9.17, 15) is 0 Å². The molecule has 1 aliphatic rings. The molecule has 15 heavy (non-hydrogen) atoms. The van der Waals surface area contributed by atoms with Gasteiger partial charge in [0.15, 0.2) is 0 Å². The minimum Gasteiger partial charge on any atom is -0.296 e. The molecule has 1 aromatic carbocycles. The van der Waals surface area contributed by atoms with Crippen LogP contribution in [0.4, 0.5) is 0 Å². The van der Waals surface area contributed by atoms with Crippen LogP contribution < -0.4 is 5.48 Å². The molecule has 1 N–H and O–H groups in total. The molecule has 1 atom stereocenters. The van der Waals surface area contributed by atoms with Crippen LogP contribution in [-0.2, 0) is 11.4 Å². The Morgan fingerprint density at radius 2 is 2.13 bits per heavy atom. The Hall–Kier alpha value is -1.12. The molecular weight excluding hydrogens is 186 g/mol. The maximum Gasteiger partial charge on any atom is 0.0933 e. The van der Waals surface area contributed by atoms with Crippen molar-refractivity contribution in [1.29, 1.82) is 0 Å². The molecular formula is C13H17NO. The van der Waals surface area contributed by atoms with Crippen LogP contribution in [0, 0.1) is 0 Å². The van der Waals surface area contributed by atoms with E-state index in [1.807, 2.05) is 18.2 Å². The standard InChI is InChI=1S/C13H17NO/c1-3-7-12(8-4-1)11-15-14-13-9-5-2-6-10-13/h1,3-5,7-9,13-14H,2,6,10-11H2. The quantitative estimate of drug-likeness (QED) is 0.600. The molecule has 0 bridgehead atoms. The van der Waals surface area contributed by atoms with Gasteiger partial charge in [0.05, 0.1) is 12.6 Å². The van der Waals surface area contributed by atoms with Gasteiger partial charge in [0.1, 0.15) is 0 Å². The molecule has 80 valence electrons. The summed E-state index contributed by atoms with van der Waals surface area (Å²) in [7, 11) is 0. The number of nitrogens with one attached hydrogen (secondary N) is 1. The summed E-state index contributed by atoms with van der Waals surface area (Å²) in [5.41, 5.74) is 4.28. The Kier molecular flexibility index (Phi) is 3.94. The molecule has 2 rings (SSSR count). The first-order chi connectivity index (χ1) is 7.45. The molecule has 0 spiro atoms. The molecule has 0 fully saturated rings. The smallest absolute Gasteiger partial charge is 0.0933 e. The molecule has 0 saturated carbocycles. The molecule has 1 aliphatic carbocycles. The molecule has 1 unspecified atom stereocenters. The van der Waals surface area contributed by atoms with E-state index in [1.54, 1.807) is 0 Å². The molecule has 0 heterocycles. The van der Waals surface area contributed by atoms with Gasteiger partial charge in [-0.2, -0.15) is 5.48 Å². The second kappa shape index (κ2) is 5.69. The van der Waals surface area contributed by atoms with Crippen molar-refractivity contribution in [2.75, 3.05) is 0 Å². The Morgan fingerprint density at radius 3 is 2.87 bits per heavy atom. The minimum absolute atomic E-state index is 0.391. The number of benzene rings is 1. The summed E-state index contributed by atoms with van der Waals surface area (Å²) in [5, 5.41) is 0. The van der Waals surface area contributed by atoms with E-state index in [1.165, 1.54) is 24.8 Å². The Labute approximate surface area is 90.9 Å². The fraction of sp³-hybridized carbons (Fsp3) is 0.385. The first-order valence-electron chi connectivity index (χ1n) is 5.53. The van der Waals surface area contributed by atoms with Gasteiger partial charge in [0.2, 0.25) is 0 Å². The third kappa shape index (κ3) is 3.50. The summed E-state index contributed by atoms with van der Waals surface area (Å²) in [6, 6.07) is 10.6. The molecule has 0 amide bonds. The van der Waals surface area contributed by atoms with Crippen molar-refractivity contribution < 1.29 is 4.84 Å². The van der Waals surface area contributed by atoms with Gasteiger partial charge in [0, 0.05) is 0 Å². The second-order valence-corrected chi connectivity index (χ2v) is 3.86. The number of allylic oxidation sites excluding steroid dienone is 1. The highest BCUT2D eigenvalue weighted by Crippen LogP contribution is 2.10. The predicted octanol–water partition coefficient (Wildman–Crippen LogP) is 2.82. The van der Waals surface area contributed by atoms with E-state index in [-0.39, 0.29) is 0 Å². The summed E-state index contributed by atoms with van der Waals surface area (Å²) >= 11 is 0. The lowest BCUT2D eigenvalue weighted by Gasteiger charge is -2.17. The summed E-state index contributed by atoms with van der Waals surface area (Å²) in [5.74, 6) is 0. The average Bonchev–Trinajstić information content (AvgIpc) is 2.32. The van der Waals surface area contributed by atoms with Gasteiger partial charge >= 0.3 is 0 Å².